The fraction of sp³-hybridized carbons (Fsp3) is 0.0769. The molecule has 0 fully saturated rings. The Morgan fingerprint density at radius 1 is 1.00 bits per heavy atom. The van der Waals surface area contributed by atoms with Crippen molar-refractivity contribution >= 4 is 17.2 Å². The summed E-state index contributed by atoms with van der Waals surface area (Å²) in [6.45, 7) is 2.12. The summed E-state index contributed by atoms with van der Waals surface area (Å²) >= 11 is 5.83. The number of hydrogen-bond acceptors (Lipinski definition) is 0. The normalized spacial score (nSPS) is 13.7. The summed E-state index contributed by atoms with van der Waals surface area (Å²) in [5.74, 6) is 0. The highest BCUT2D eigenvalue weighted by Crippen LogP contribution is 2.23. The maximum absolute atomic E-state index is 5.83. The Balaban J connectivity index is 2.40. The number of rotatable bonds is 1. The third-order valence-electron chi connectivity index (χ3n) is 2.37. The van der Waals surface area contributed by atoms with E-state index in [4.69, 9.17) is 11.6 Å². The van der Waals surface area contributed by atoms with Crippen molar-refractivity contribution in [3.05, 3.63) is 64.7 Å². The lowest BCUT2D eigenvalue weighted by molar-refractivity contribution is 1.54. The molecule has 2 rings (SSSR count). The third kappa shape index (κ3) is 1.80. The van der Waals surface area contributed by atoms with Gasteiger partial charge in [0.05, 0.1) is 0 Å². The molecule has 0 unspecified atom stereocenters. The molecule has 0 spiro atoms. The van der Waals surface area contributed by atoms with Gasteiger partial charge in [-0.15, -0.1) is 0 Å². The molecule has 0 bridgehead atoms. The number of halogens is 1. The van der Waals surface area contributed by atoms with E-state index in [1.807, 2.05) is 24.3 Å². The minimum Gasteiger partial charge on any atom is -0.0843 e. The smallest absolute Gasteiger partial charge is 0.0406 e. The summed E-state index contributed by atoms with van der Waals surface area (Å²) in [6, 6.07) is 7.93. The second kappa shape index (κ2) is 3.85. The largest absolute Gasteiger partial charge is 0.0843 e. The molecule has 1 aliphatic rings. The lowest BCUT2D eigenvalue weighted by atomic mass is 10.0. The van der Waals surface area contributed by atoms with Crippen LogP contribution in [-0.2, 0) is 0 Å². The first-order valence-electron chi connectivity index (χ1n) is 4.59. The number of allylic oxidation sites excluding steroid dienone is 6. The van der Waals surface area contributed by atoms with Crippen molar-refractivity contribution < 1.29 is 0 Å². The van der Waals surface area contributed by atoms with E-state index in [1.54, 1.807) is 0 Å². The molecule has 14 heavy (non-hydrogen) atoms. The van der Waals surface area contributed by atoms with E-state index < -0.39 is 0 Å². The summed E-state index contributed by atoms with van der Waals surface area (Å²) in [4.78, 5) is 0. The van der Waals surface area contributed by atoms with Gasteiger partial charge in [0.15, 0.2) is 0 Å². The van der Waals surface area contributed by atoms with E-state index in [0.29, 0.717) is 0 Å². The van der Waals surface area contributed by atoms with Crippen LogP contribution in [0.3, 0.4) is 0 Å². The molecule has 0 N–H and O–H groups in total. The Morgan fingerprint density at radius 2 is 1.57 bits per heavy atom. The second-order valence-corrected chi connectivity index (χ2v) is 3.74. The minimum absolute atomic E-state index is 0.782. The molecule has 0 amide bonds. The summed E-state index contributed by atoms with van der Waals surface area (Å²) in [7, 11) is 0. The first kappa shape index (κ1) is 9.29. The maximum Gasteiger partial charge on any atom is 0.0406 e. The second-order valence-electron chi connectivity index (χ2n) is 3.31. The molecule has 1 heteroatoms. The first-order chi connectivity index (χ1) is 6.77. The highest BCUT2D eigenvalue weighted by Gasteiger charge is 2.01. The molecule has 1 aliphatic carbocycles. The zero-order valence-electron chi connectivity index (χ0n) is 8.00. The van der Waals surface area contributed by atoms with Gasteiger partial charge in [-0.2, -0.15) is 0 Å². The molecule has 0 aromatic heterocycles. The summed E-state index contributed by atoms with van der Waals surface area (Å²) < 4.78 is 0. The van der Waals surface area contributed by atoms with Gasteiger partial charge in [0.25, 0.3) is 0 Å². The van der Waals surface area contributed by atoms with Crippen LogP contribution in [0.4, 0.5) is 0 Å². The van der Waals surface area contributed by atoms with Crippen LogP contribution < -0.4 is 0 Å². The molecular formula is C13H11Cl. The van der Waals surface area contributed by atoms with Gasteiger partial charge in [0, 0.05) is 5.02 Å². The molecule has 1 aromatic carbocycles. The molecule has 0 saturated heterocycles. The van der Waals surface area contributed by atoms with E-state index in [9.17, 15) is 0 Å². The van der Waals surface area contributed by atoms with Crippen molar-refractivity contribution in [3.8, 4) is 0 Å². The molecule has 70 valence electrons. The fourth-order valence-electron chi connectivity index (χ4n) is 1.49. The molecule has 0 radical (unpaired) electrons. The summed E-state index contributed by atoms with van der Waals surface area (Å²) in [5.41, 5.74) is 3.78. The Morgan fingerprint density at radius 3 is 2.14 bits per heavy atom. The molecular weight excluding hydrogens is 192 g/mol. The third-order valence-corrected chi connectivity index (χ3v) is 2.62. The van der Waals surface area contributed by atoms with Gasteiger partial charge in [-0.25, -0.2) is 0 Å². The predicted octanol–water partition coefficient (Wildman–Crippen LogP) is 4.24. The zero-order chi connectivity index (χ0) is 9.97. The molecule has 0 heterocycles. The predicted molar refractivity (Wildman–Crippen MR) is 62.3 cm³/mol. The average molecular weight is 203 g/mol. The van der Waals surface area contributed by atoms with Crippen molar-refractivity contribution in [2.45, 2.75) is 6.92 Å². The number of benzene rings is 1. The van der Waals surface area contributed by atoms with Crippen molar-refractivity contribution in [2.24, 2.45) is 0 Å². The van der Waals surface area contributed by atoms with E-state index in [2.05, 4.69) is 31.2 Å². The van der Waals surface area contributed by atoms with Crippen molar-refractivity contribution in [1.82, 2.24) is 0 Å². The quantitative estimate of drug-likeness (QED) is 0.639. The van der Waals surface area contributed by atoms with E-state index >= 15 is 0 Å². The van der Waals surface area contributed by atoms with Crippen LogP contribution in [0.25, 0.3) is 5.57 Å². The van der Waals surface area contributed by atoms with Gasteiger partial charge in [-0.05, 0) is 35.8 Å². The lowest BCUT2D eigenvalue weighted by Crippen LogP contribution is -1.82. The van der Waals surface area contributed by atoms with Crippen LogP contribution in [0, 0.1) is 0 Å². The average Bonchev–Trinajstić information content (AvgIpc) is 2.71. The van der Waals surface area contributed by atoms with E-state index in [-0.39, 0.29) is 0 Å². The minimum atomic E-state index is 0.782. The van der Waals surface area contributed by atoms with E-state index in [0.717, 1.165) is 5.02 Å². The van der Waals surface area contributed by atoms with Crippen LogP contribution in [0.5, 0.6) is 0 Å². The molecule has 0 aliphatic heterocycles. The van der Waals surface area contributed by atoms with Gasteiger partial charge >= 0.3 is 0 Å². The Bertz CT molecular complexity index is 405. The summed E-state index contributed by atoms with van der Waals surface area (Å²) in [5, 5.41) is 0.782. The molecule has 0 atom stereocenters. The Kier molecular flexibility index (Phi) is 2.55. The van der Waals surface area contributed by atoms with Crippen LogP contribution in [0.1, 0.15) is 12.5 Å². The number of hydrogen-bond donors (Lipinski definition) is 0. The maximum atomic E-state index is 5.83. The highest BCUT2D eigenvalue weighted by molar-refractivity contribution is 6.30. The van der Waals surface area contributed by atoms with Gasteiger partial charge in [-0.1, -0.05) is 48.0 Å². The molecule has 0 nitrogen and oxygen atoms in total. The Hall–Kier alpha value is -1.27. The summed E-state index contributed by atoms with van der Waals surface area (Å²) in [6.07, 6.45) is 8.33. The van der Waals surface area contributed by atoms with Crippen molar-refractivity contribution in [1.29, 1.82) is 0 Å². The van der Waals surface area contributed by atoms with Crippen molar-refractivity contribution in [3.63, 3.8) is 0 Å². The van der Waals surface area contributed by atoms with Crippen LogP contribution in [0.15, 0.2) is 54.1 Å². The van der Waals surface area contributed by atoms with Crippen LogP contribution in [0.2, 0.25) is 5.02 Å². The standard InChI is InChI=1S/C13H11Cl/c1-10(11-4-2-3-5-11)12-6-8-13(14)9-7-12/h2-9H,1H3. The molecule has 0 saturated carbocycles. The van der Waals surface area contributed by atoms with Gasteiger partial charge in [-0.3, -0.25) is 0 Å². The van der Waals surface area contributed by atoms with Crippen LogP contribution in [-0.4, -0.2) is 0 Å². The first-order valence-corrected chi connectivity index (χ1v) is 4.97. The molecule has 1 aromatic rings. The fourth-order valence-corrected chi connectivity index (χ4v) is 1.62. The monoisotopic (exact) mass is 202 g/mol. The highest BCUT2D eigenvalue weighted by atomic mass is 35.5. The topological polar surface area (TPSA) is 0 Å². The zero-order valence-corrected chi connectivity index (χ0v) is 8.75. The van der Waals surface area contributed by atoms with E-state index in [1.165, 1.54) is 16.7 Å². The van der Waals surface area contributed by atoms with Gasteiger partial charge in [0.2, 0.25) is 0 Å². The van der Waals surface area contributed by atoms with Crippen LogP contribution >= 0.6 is 11.6 Å². The SMILES string of the molecule is CC(=C1C=CC=C1)c1ccc(Cl)cc1. The van der Waals surface area contributed by atoms with Gasteiger partial charge in [0.1, 0.15) is 0 Å². The van der Waals surface area contributed by atoms with Crippen molar-refractivity contribution in [2.75, 3.05) is 0 Å². The van der Waals surface area contributed by atoms with Gasteiger partial charge < -0.3 is 0 Å². The Labute approximate surface area is 89.2 Å². The lowest BCUT2D eigenvalue weighted by Gasteiger charge is -2.03.